The molecule has 11 heteroatoms. The predicted molar refractivity (Wildman–Crippen MR) is 148 cm³/mol. The number of amides is 1. The summed E-state index contributed by atoms with van der Waals surface area (Å²) in [6.07, 6.45) is -1.37. The number of likely N-dealkylation sites (tertiary alicyclic amines) is 1. The van der Waals surface area contributed by atoms with Gasteiger partial charge in [-0.2, -0.15) is 0 Å². The normalized spacial score (nSPS) is 22.6. The third-order valence-corrected chi connectivity index (χ3v) is 8.52. The van der Waals surface area contributed by atoms with Crippen LogP contribution >= 0.6 is 7.82 Å². The summed E-state index contributed by atoms with van der Waals surface area (Å²) in [5, 5.41) is 0. The summed E-state index contributed by atoms with van der Waals surface area (Å²) in [7, 11) is -4.20. The fourth-order valence-corrected chi connectivity index (χ4v) is 6.36. The van der Waals surface area contributed by atoms with Crippen molar-refractivity contribution in [2.24, 2.45) is 17.8 Å². The first kappa shape index (κ1) is 31.3. The van der Waals surface area contributed by atoms with Gasteiger partial charge >= 0.3 is 13.9 Å². The Balaban J connectivity index is 1.42. The van der Waals surface area contributed by atoms with Gasteiger partial charge < -0.3 is 9.64 Å². The molecule has 2 fully saturated rings. The van der Waals surface area contributed by atoms with Crippen LogP contribution in [0.3, 0.4) is 0 Å². The third-order valence-electron chi connectivity index (χ3n) is 7.17. The summed E-state index contributed by atoms with van der Waals surface area (Å²) < 4.78 is 65.1. The number of ether oxygens (including phenoxy) is 1. The van der Waals surface area contributed by atoms with Crippen molar-refractivity contribution in [2.45, 2.75) is 64.8 Å². The highest BCUT2D eigenvalue weighted by Gasteiger charge is 2.52. The highest BCUT2D eigenvalue weighted by atomic mass is 31.2. The number of rotatable bonds is 11. The average molecular weight is 594 g/mol. The van der Waals surface area contributed by atoms with Crippen molar-refractivity contribution in [1.29, 1.82) is 0 Å². The van der Waals surface area contributed by atoms with E-state index in [1.54, 1.807) is 69.3 Å². The van der Waals surface area contributed by atoms with Gasteiger partial charge in [0.15, 0.2) is 0 Å². The highest BCUT2D eigenvalue weighted by Crippen LogP contribution is 2.53. The summed E-state index contributed by atoms with van der Waals surface area (Å²) in [6, 6.07) is 18.0. The van der Waals surface area contributed by atoms with Gasteiger partial charge in [0.1, 0.15) is 11.4 Å². The van der Waals surface area contributed by atoms with E-state index < -0.39 is 62.6 Å². The van der Waals surface area contributed by atoms with Crippen LogP contribution in [0.15, 0.2) is 60.7 Å². The summed E-state index contributed by atoms with van der Waals surface area (Å²) in [5.41, 5.74) is 0.778. The third kappa shape index (κ3) is 9.17. The van der Waals surface area contributed by atoms with Gasteiger partial charge in [-0.3, -0.25) is 18.4 Å². The molecule has 0 aromatic heterocycles. The number of Topliss-reactive ketones (excluding diaryl/α,β-unsaturated/α-hetero) is 1. The van der Waals surface area contributed by atoms with Gasteiger partial charge in [-0.15, -0.1) is 0 Å². The Bertz CT molecular complexity index is 1170. The van der Waals surface area contributed by atoms with E-state index in [9.17, 15) is 22.9 Å². The number of nitrogens with zero attached hydrogens (tertiary/aromatic N) is 1. The Hall–Kier alpha value is -2.65. The monoisotopic (exact) mass is 593 g/mol. The van der Waals surface area contributed by atoms with Crippen LogP contribution in [0.5, 0.6) is 0 Å². The van der Waals surface area contributed by atoms with Crippen LogP contribution in [0.25, 0.3) is 0 Å². The zero-order valence-electron chi connectivity index (χ0n) is 23.7. The Morgan fingerprint density at radius 3 is 2.02 bits per heavy atom. The molecule has 1 saturated heterocycles. The van der Waals surface area contributed by atoms with Crippen LogP contribution in [0.1, 0.15) is 51.2 Å². The molecule has 1 heterocycles. The minimum absolute atomic E-state index is 0.0708. The number of phosphoric acid groups is 1. The van der Waals surface area contributed by atoms with E-state index in [0.29, 0.717) is 13.0 Å². The van der Waals surface area contributed by atoms with Crippen molar-refractivity contribution in [3.8, 4) is 0 Å². The van der Waals surface area contributed by atoms with Crippen molar-refractivity contribution in [2.75, 3.05) is 19.7 Å². The van der Waals surface area contributed by atoms with E-state index in [1.165, 1.54) is 4.90 Å². The molecule has 224 valence electrons. The molecule has 0 bridgehead atoms. The molecule has 1 unspecified atom stereocenters. The largest absolute Gasteiger partial charge is 0.475 e. The van der Waals surface area contributed by atoms with Gasteiger partial charge in [0.25, 0.3) is 0 Å². The van der Waals surface area contributed by atoms with Gasteiger partial charge in [-0.05, 0) is 44.2 Å². The lowest BCUT2D eigenvalue weighted by Crippen LogP contribution is -2.36. The van der Waals surface area contributed by atoms with Crippen LogP contribution in [0, 0.1) is 17.8 Å². The van der Waals surface area contributed by atoms with E-state index in [1.807, 2.05) is 12.1 Å². The van der Waals surface area contributed by atoms with Crippen LogP contribution in [0.2, 0.25) is 0 Å². The maximum atomic E-state index is 14.6. The fourth-order valence-electron chi connectivity index (χ4n) is 5.15. The molecule has 1 aliphatic carbocycles. The summed E-state index contributed by atoms with van der Waals surface area (Å²) in [5.74, 6) is -5.89. The Morgan fingerprint density at radius 1 is 0.927 bits per heavy atom. The number of ketones is 1. The van der Waals surface area contributed by atoms with Gasteiger partial charge in [0.05, 0.1) is 19.8 Å². The number of hydrogen-bond donors (Lipinski definition) is 0. The molecule has 2 aromatic carbocycles. The van der Waals surface area contributed by atoms with Crippen molar-refractivity contribution in [3.63, 3.8) is 0 Å². The number of alkyl halides is 2. The van der Waals surface area contributed by atoms with E-state index in [0.717, 1.165) is 11.1 Å². The number of halogens is 2. The van der Waals surface area contributed by atoms with Gasteiger partial charge in [0, 0.05) is 37.8 Å². The van der Waals surface area contributed by atoms with Gasteiger partial charge in [-0.25, -0.2) is 18.1 Å². The molecular weight excluding hydrogens is 555 g/mol. The molecule has 0 spiro atoms. The summed E-state index contributed by atoms with van der Waals surface area (Å²) in [4.78, 5) is 27.3. The predicted octanol–water partition coefficient (Wildman–Crippen LogP) is 7.03. The van der Waals surface area contributed by atoms with Crippen LogP contribution < -0.4 is 0 Å². The Kier molecular flexibility index (Phi) is 10.0. The van der Waals surface area contributed by atoms with Crippen molar-refractivity contribution < 1.29 is 41.2 Å². The highest BCUT2D eigenvalue weighted by molar-refractivity contribution is 7.48. The standard InChI is InChI=1S/C30H38F2NO7P/c1-29(2,3)40-28(35)33-15-14-24(18-33)27(34)26-17-30(31,32)16-25(26)21-39-41(36,37-19-22-10-6-4-7-11-22)38-20-23-12-8-5-9-13-23/h4-13,24-26H,14-21H2,1-3H3/t24-,25+,26?/m1/s1. The molecule has 8 nitrogen and oxygen atoms in total. The van der Waals surface area contributed by atoms with Crippen LogP contribution in [-0.4, -0.2) is 48.0 Å². The number of carbonyl (C=O) groups excluding carboxylic acids is 2. The second-order valence-electron chi connectivity index (χ2n) is 11.7. The smallest absolute Gasteiger partial charge is 0.444 e. The van der Waals surface area contributed by atoms with Crippen LogP contribution in [-0.2, 0) is 40.9 Å². The Labute approximate surface area is 239 Å². The minimum atomic E-state index is -4.20. The molecule has 3 atom stereocenters. The fraction of sp³-hybridized carbons (Fsp3) is 0.533. The number of benzene rings is 2. The molecule has 2 aromatic rings. The molecule has 0 radical (unpaired) electrons. The number of hydrogen-bond acceptors (Lipinski definition) is 7. The molecule has 2 aliphatic rings. The zero-order valence-corrected chi connectivity index (χ0v) is 24.6. The maximum Gasteiger partial charge on any atom is 0.475 e. The van der Waals surface area contributed by atoms with Crippen molar-refractivity contribution in [3.05, 3.63) is 71.8 Å². The first-order valence-electron chi connectivity index (χ1n) is 13.8. The molecule has 0 N–H and O–H groups in total. The van der Waals surface area contributed by atoms with Crippen molar-refractivity contribution in [1.82, 2.24) is 4.90 Å². The second kappa shape index (κ2) is 13.1. The maximum absolute atomic E-state index is 14.6. The summed E-state index contributed by atoms with van der Waals surface area (Å²) >= 11 is 0. The number of carbonyl (C=O) groups is 2. The lowest BCUT2D eigenvalue weighted by molar-refractivity contribution is -0.128. The quantitative estimate of drug-likeness (QED) is 0.258. The zero-order chi connectivity index (χ0) is 29.7. The summed E-state index contributed by atoms with van der Waals surface area (Å²) in [6.45, 7) is 5.14. The Morgan fingerprint density at radius 2 is 1.49 bits per heavy atom. The van der Waals surface area contributed by atoms with E-state index in [-0.39, 0.29) is 25.5 Å². The molecular formula is C30H38F2NO7P. The lowest BCUT2D eigenvalue weighted by atomic mass is 9.85. The van der Waals surface area contributed by atoms with E-state index >= 15 is 0 Å². The number of phosphoric ester groups is 1. The van der Waals surface area contributed by atoms with E-state index in [2.05, 4.69) is 0 Å². The average Bonchev–Trinajstić information content (AvgIpc) is 3.54. The van der Waals surface area contributed by atoms with Gasteiger partial charge in [0.2, 0.25) is 5.92 Å². The van der Waals surface area contributed by atoms with Crippen LogP contribution in [0.4, 0.5) is 13.6 Å². The first-order chi connectivity index (χ1) is 19.3. The second-order valence-corrected chi connectivity index (χ2v) is 13.4. The topological polar surface area (TPSA) is 91.4 Å². The minimum Gasteiger partial charge on any atom is -0.444 e. The molecule has 41 heavy (non-hydrogen) atoms. The molecule has 4 rings (SSSR count). The van der Waals surface area contributed by atoms with Gasteiger partial charge in [-0.1, -0.05) is 60.7 Å². The van der Waals surface area contributed by atoms with Crippen molar-refractivity contribution >= 4 is 19.7 Å². The van der Waals surface area contributed by atoms with E-state index in [4.69, 9.17) is 18.3 Å². The lowest BCUT2D eigenvalue weighted by Gasteiger charge is -2.25. The molecule has 1 aliphatic heterocycles. The first-order valence-corrected chi connectivity index (χ1v) is 15.3. The molecule has 1 amide bonds. The SMILES string of the molecule is CC(C)(C)OC(=O)N1CC[C@@H](C(=O)C2CC(F)(F)C[C@H]2COP(=O)(OCc2ccccc2)OCc2ccccc2)C1. The molecule has 1 saturated carbocycles.